The first-order valence-corrected chi connectivity index (χ1v) is 9.96. The highest BCUT2D eigenvalue weighted by atomic mass is 16.3. The molecule has 1 atom stereocenters. The van der Waals surface area contributed by atoms with Gasteiger partial charge in [0.2, 0.25) is 5.91 Å². The van der Waals surface area contributed by atoms with Gasteiger partial charge in [-0.25, -0.2) is 9.97 Å². The third-order valence-electron chi connectivity index (χ3n) is 5.87. The molecule has 2 amide bonds. The van der Waals surface area contributed by atoms with Crippen molar-refractivity contribution in [1.82, 2.24) is 19.8 Å². The summed E-state index contributed by atoms with van der Waals surface area (Å²) in [5, 5.41) is 0.934. The Morgan fingerprint density at radius 3 is 2.86 bits per heavy atom. The second-order valence-electron chi connectivity index (χ2n) is 7.78. The van der Waals surface area contributed by atoms with Gasteiger partial charge < -0.3 is 14.2 Å². The molecule has 29 heavy (non-hydrogen) atoms. The van der Waals surface area contributed by atoms with Crippen molar-refractivity contribution in [2.24, 2.45) is 0 Å². The molecule has 7 nitrogen and oxygen atoms in total. The van der Waals surface area contributed by atoms with Crippen LogP contribution in [0.4, 0.5) is 0 Å². The second-order valence-corrected chi connectivity index (χ2v) is 7.78. The number of aromatic nitrogens is 2. The van der Waals surface area contributed by atoms with Crippen LogP contribution in [0.3, 0.4) is 0 Å². The fraction of sp³-hybridized carbons (Fsp3) is 0.364. The van der Waals surface area contributed by atoms with E-state index in [-0.39, 0.29) is 17.7 Å². The topological polar surface area (TPSA) is 79.5 Å². The summed E-state index contributed by atoms with van der Waals surface area (Å²) in [6, 6.07) is 9.45. The van der Waals surface area contributed by atoms with Crippen LogP contribution in [0.1, 0.15) is 46.9 Å². The quantitative estimate of drug-likeness (QED) is 0.672. The molecule has 0 N–H and O–H groups in total. The van der Waals surface area contributed by atoms with Crippen LogP contribution in [0.15, 0.2) is 40.9 Å². The standard InChI is InChI=1S/C22H22N4O3/c1-14(27)25-9-7-18-17(13-25)11-23-21(24-18)16-6-8-26(12-16)22(28)20-10-15-4-2-3-5-19(15)29-20/h2-5,10-11,16H,6-9,12-13H2,1H3. The number of carbonyl (C=O) groups is 2. The highest BCUT2D eigenvalue weighted by molar-refractivity contribution is 5.96. The van der Waals surface area contributed by atoms with Gasteiger partial charge in [-0.2, -0.15) is 0 Å². The molecule has 1 fully saturated rings. The minimum atomic E-state index is -0.0845. The van der Waals surface area contributed by atoms with E-state index in [0.29, 0.717) is 31.9 Å². The van der Waals surface area contributed by atoms with Crippen LogP contribution in [-0.4, -0.2) is 51.2 Å². The molecule has 1 unspecified atom stereocenters. The fourth-order valence-electron chi connectivity index (χ4n) is 4.20. The summed E-state index contributed by atoms with van der Waals surface area (Å²) >= 11 is 0. The van der Waals surface area contributed by atoms with E-state index >= 15 is 0 Å². The second kappa shape index (κ2) is 6.99. The number of nitrogens with zero attached hydrogens (tertiary/aromatic N) is 4. The molecule has 0 spiro atoms. The number of hydrogen-bond donors (Lipinski definition) is 0. The Hall–Kier alpha value is -3.22. The zero-order valence-electron chi connectivity index (χ0n) is 16.3. The van der Waals surface area contributed by atoms with Crippen LogP contribution in [0.5, 0.6) is 0 Å². The van der Waals surface area contributed by atoms with Gasteiger partial charge in [0.25, 0.3) is 5.91 Å². The van der Waals surface area contributed by atoms with Crippen LogP contribution >= 0.6 is 0 Å². The predicted octanol–water partition coefficient (Wildman–Crippen LogP) is 2.76. The van der Waals surface area contributed by atoms with Gasteiger partial charge in [-0.1, -0.05) is 18.2 Å². The molecule has 0 saturated carbocycles. The Bertz CT molecular complexity index is 1070. The molecule has 0 aliphatic carbocycles. The average Bonchev–Trinajstić information content (AvgIpc) is 3.39. The molecule has 4 heterocycles. The first-order valence-electron chi connectivity index (χ1n) is 9.96. The highest BCUT2D eigenvalue weighted by Gasteiger charge is 2.32. The van der Waals surface area contributed by atoms with E-state index in [2.05, 4.69) is 4.98 Å². The van der Waals surface area contributed by atoms with Crippen LogP contribution in [0.2, 0.25) is 0 Å². The third kappa shape index (κ3) is 3.26. The van der Waals surface area contributed by atoms with Crippen LogP contribution in [0.25, 0.3) is 11.0 Å². The van der Waals surface area contributed by atoms with Gasteiger partial charge in [0, 0.05) is 62.6 Å². The minimum Gasteiger partial charge on any atom is -0.451 e. The Labute approximate surface area is 168 Å². The van der Waals surface area contributed by atoms with E-state index in [1.165, 1.54) is 0 Å². The number of benzene rings is 1. The number of likely N-dealkylation sites (tertiary alicyclic amines) is 1. The summed E-state index contributed by atoms with van der Waals surface area (Å²) < 4.78 is 5.73. The molecule has 148 valence electrons. The maximum Gasteiger partial charge on any atom is 0.289 e. The van der Waals surface area contributed by atoms with Crippen molar-refractivity contribution in [3.8, 4) is 0 Å². The molecular formula is C22H22N4O3. The van der Waals surface area contributed by atoms with Gasteiger partial charge in [-0.15, -0.1) is 0 Å². The fourth-order valence-corrected chi connectivity index (χ4v) is 4.20. The molecule has 0 bridgehead atoms. The van der Waals surface area contributed by atoms with Gasteiger partial charge >= 0.3 is 0 Å². The SMILES string of the molecule is CC(=O)N1CCc2nc(C3CCN(C(=O)c4cc5ccccc5o4)C3)ncc2C1. The van der Waals surface area contributed by atoms with Crippen molar-refractivity contribution in [1.29, 1.82) is 0 Å². The molecule has 2 aliphatic heterocycles. The Kier molecular flexibility index (Phi) is 4.30. The number of fused-ring (bicyclic) bond motifs is 2. The molecule has 2 aromatic heterocycles. The van der Waals surface area contributed by atoms with Gasteiger partial charge in [0.05, 0.1) is 5.69 Å². The van der Waals surface area contributed by atoms with E-state index in [1.54, 1.807) is 13.0 Å². The molecule has 0 radical (unpaired) electrons. The number of rotatable bonds is 2. The number of amides is 2. The summed E-state index contributed by atoms with van der Waals surface area (Å²) in [6.45, 7) is 4.12. The molecule has 5 rings (SSSR count). The van der Waals surface area contributed by atoms with E-state index < -0.39 is 0 Å². The Balaban J connectivity index is 1.30. The summed E-state index contributed by atoms with van der Waals surface area (Å²) in [5.41, 5.74) is 2.77. The molecular weight excluding hydrogens is 368 g/mol. The van der Waals surface area contributed by atoms with E-state index in [9.17, 15) is 9.59 Å². The third-order valence-corrected chi connectivity index (χ3v) is 5.87. The van der Waals surface area contributed by atoms with E-state index in [1.807, 2.05) is 40.3 Å². The average molecular weight is 390 g/mol. The van der Waals surface area contributed by atoms with Crippen LogP contribution < -0.4 is 0 Å². The predicted molar refractivity (Wildman–Crippen MR) is 106 cm³/mol. The number of carbonyl (C=O) groups excluding carboxylic acids is 2. The number of para-hydroxylation sites is 1. The smallest absolute Gasteiger partial charge is 0.289 e. The van der Waals surface area contributed by atoms with E-state index in [0.717, 1.165) is 40.9 Å². The molecule has 2 aliphatic rings. The monoisotopic (exact) mass is 390 g/mol. The summed E-state index contributed by atoms with van der Waals surface area (Å²) in [4.78, 5) is 37.5. The van der Waals surface area contributed by atoms with Crippen molar-refractivity contribution < 1.29 is 14.0 Å². The minimum absolute atomic E-state index is 0.0789. The van der Waals surface area contributed by atoms with Crippen LogP contribution in [0, 0.1) is 0 Å². The Morgan fingerprint density at radius 2 is 2.03 bits per heavy atom. The Morgan fingerprint density at radius 1 is 1.17 bits per heavy atom. The summed E-state index contributed by atoms with van der Waals surface area (Å²) in [5.74, 6) is 1.29. The highest BCUT2D eigenvalue weighted by Crippen LogP contribution is 2.29. The molecule has 1 aromatic carbocycles. The van der Waals surface area contributed by atoms with Gasteiger partial charge in [0.15, 0.2) is 5.76 Å². The zero-order valence-corrected chi connectivity index (χ0v) is 16.3. The van der Waals surface area contributed by atoms with Gasteiger partial charge in [0.1, 0.15) is 11.4 Å². The summed E-state index contributed by atoms with van der Waals surface area (Å²) in [6.07, 6.45) is 3.43. The lowest BCUT2D eigenvalue weighted by Gasteiger charge is -2.27. The zero-order chi connectivity index (χ0) is 20.0. The number of furan rings is 1. The van der Waals surface area contributed by atoms with Crippen molar-refractivity contribution in [3.63, 3.8) is 0 Å². The van der Waals surface area contributed by atoms with Crippen molar-refractivity contribution in [2.75, 3.05) is 19.6 Å². The van der Waals surface area contributed by atoms with E-state index in [4.69, 9.17) is 9.40 Å². The molecule has 3 aromatic rings. The largest absolute Gasteiger partial charge is 0.451 e. The molecule has 1 saturated heterocycles. The van der Waals surface area contributed by atoms with Crippen molar-refractivity contribution in [2.45, 2.75) is 32.2 Å². The van der Waals surface area contributed by atoms with Crippen molar-refractivity contribution in [3.05, 3.63) is 59.4 Å². The maximum atomic E-state index is 12.9. The normalized spacial score (nSPS) is 18.9. The first-order chi connectivity index (χ1) is 14.1. The lowest BCUT2D eigenvalue weighted by atomic mass is 10.0. The van der Waals surface area contributed by atoms with Gasteiger partial charge in [-0.05, 0) is 18.6 Å². The number of hydrogen-bond acceptors (Lipinski definition) is 5. The summed E-state index contributed by atoms with van der Waals surface area (Å²) in [7, 11) is 0. The van der Waals surface area contributed by atoms with Crippen LogP contribution in [-0.2, 0) is 17.8 Å². The first kappa shape index (κ1) is 17.8. The van der Waals surface area contributed by atoms with Gasteiger partial charge in [-0.3, -0.25) is 9.59 Å². The maximum absolute atomic E-state index is 12.9. The van der Waals surface area contributed by atoms with Crippen molar-refractivity contribution >= 4 is 22.8 Å². The molecule has 7 heteroatoms. The lowest BCUT2D eigenvalue weighted by molar-refractivity contribution is -0.129. The lowest BCUT2D eigenvalue weighted by Crippen LogP contribution is -2.35.